The lowest BCUT2D eigenvalue weighted by molar-refractivity contribution is -0.136. The van der Waals surface area contributed by atoms with Crippen molar-refractivity contribution in [3.05, 3.63) is 0 Å². The fourth-order valence-electron chi connectivity index (χ4n) is 2.18. The molecule has 2 fully saturated rings. The standard InChI is InChI=1S/C11H21N3O/c1-9(6-12)7-13-4-5-14(10-2-3-10)11(15)8-13/h9-10H,2-8,12H2,1H3. The molecule has 1 heterocycles. The van der Waals surface area contributed by atoms with Crippen molar-refractivity contribution in [3.63, 3.8) is 0 Å². The Bertz CT molecular complexity index is 240. The first-order chi connectivity index (χ1) is 7.20. The average Bonchev–Trinajstić information content (AvgIpc) is 3.01. The van der Waals surface area contributed by atoms with E-state index in [1.165, 1.54) is 12.8 Å². The van der Waals surface area contributed by atoms with Gasteiger partial charge in [0.1, 0.15) is 0 Å². The molecule has 0 aromatic heterocycles. The minimum atomic E-state index is 0.313. The summed E-state index contributed by atoms with van der Waals surface area (Å²) in [7, 11) is 0. The molecule has 2 aliphatic rings. The maximum atomic E-state index is 11.8. The van der Waals surface area contributed by atoms with Gasteiger partial charge in [0.25, 0.3) is 0 Å². The van der Waals surface area contributed by atoms with Crippen LogP contribution < -0.4 is 5.73 Å². The lowest BCUT2D eigenvalue weighted by atomic mass is 10.1. The number of piperazine rings is 1. The summed E-state index contributed by atoms with van der Waals surface area (Å²) in [6.07, 6.45) is 2.43. The van der Waals surface area contributed by atoms with Gasteiger partial charge in [-0.15, -0.1) is 0 Å². The summed E-state index contributed by atoms with van der Waals surface area (Å²) in [5.74, 6) is 0.804. The van der Waals surface area contributed by atoms with Crippen molar-refractivity contribution in [1.82, 2.24) is 9.80 Å². The van der Waals surface area contributed by atoms with Crippen LogP contribution in [-0.4, -0.2) is 54.5 Å². The van der Waals surface area contributed by atoms with E-state index in [0.717, 1.165) is 19.6 Å². The van der Waals surface area contributed by atoms with E-state index < -0.39 is 0 Å². The van der Waals surface area contributed by atoms with Crippen molar-refractivity contribution in [2.24, 2.45) is 11.7 Å². The van der Waals surface area contributed by atoms with Gasteiger partial charge in [-0.3, -0.25) is 9.69 Å². The third-order valence-corrected chi connectivity index (χ3v) is 3.30. The Morgan fingerprint density at radius 1 is 1.47 bits per heavy atom. The Balaban J connectivity index is 1.79. The van der Waals surface area contributed by atoms with Crippen LogP contribution in [0.2, 0.25) is 0 Å². The monoisotopic (exact) mass is 211 g/mol. The van der Waals surface area contributed by atoms with Crippen LogP contribution >= 0.6 is 0 Å². The number of nitrogens with zero attached hydrogens (tertiary/aromatic N) is 2. The number of hydrogen-bond acceptors (Lipinski definition) is 3. The molecule has 1 atom stereocenters. The summed E-state index contributed by atoms with van der Waals surface area (Å²) in [5.41, 5.74) is 5.59. The maximum Gasteiger partial charge on any atom is 0.237 e. The predicted octanol–water partition coefficient (Wildman–Crippen LogP) is -0.112. The van der Waals surface area contributed by atoms with Gasteiger partial charge >= 0.3 is 0 Å². The molecular formula is C11H21N3O. The highest BCUT2D eigenvalue weighted by Gasteiger charge is 2.35. The van der Waals surface area contributed by atoms with Gasteiger partial charge in [0.2, 0.25) is 5.91 Å². The van der Waals surface area contributed by atoms with E-state index in [9.17, 15) is 4.79 Å². The highest BCUT2D eigenvalue weighted by atomic mass is 16.2. The van der Waals surface area contributed by atoms with Gasteiger partial charge in [0.05, 0.1) is 6.54 Å². The van der Waals surface area contributed by atoms with Crippen LogP contribution in [0.5, 0.6) is 0 Å². The third kappa shape index (κ3) is 2.69. The second-order valence-corrected chi connectivity index (χ2v) is 4.89. The highest BCUT2D eigenvalue weighted by molar-refractivity contribution is 5.79. The molecular weight excluding hydrogens is 190 g/mol. The van der Waals surface area contributed by atoms with E-state index in [2.05, 4.69) is 16.7 Å². The summed E-state index contributed by atoms with van der Waals surface area (Å²) < 4.78 is 0. The highest BCUT2D eigenvalue weighted by Crippen LogP contribution is 2.28. The van der Waals surface area contributed by atoms with Crippen LogP contribution in [0, 0.1) is 5.92 Å². The zero-order valence-electron chi connectivity index (χ0n) is 9.48. The van der Waals surface area contributed by atoms with Gasteiger partial charge in [-0.05, 0) is 25.3 Å². The van der Waals surface area contributed by atoms with Crippen LogP contribution in [0.25, 0.3) is 0 Å². The first-order valence-electron chi connectivity index (χ1n) is 5.92. The molecule has 0 bridgehead atoms. The summed E-state index contributed by atoms with van der Waals surface area (Å²) in [4.78, 5) is 16.1. The van der Waals surface area contributed by atoms with E-state index in [1.54, 1.807) is 0 Å². The minimum absolute atomic E-state index is 0.313. The quantitative estimate of drug-likeness (QED) is 0.706. The van der Waals surface area contributed by atoms with Crippen LogP contribution in [0.1, 0.15) is 19.8 Å². The number of carbonyl (C=O) groups is 1. The lowest BCUT2D eigenvalue weighted by Gasteiger charge is -2.35. The zero-order chi connectivity index (χ0) is 10.8. The molecule has 0 spiro atoms. The van der Waals surface area contributed by atoms with Crippen LogP contribution in [0.4, 0.5) is 0 Å². The van der Waals surface area contributed by atoms with E-state index in [1.807, 2.05) is 0 Å². The molecule has 2 N–H and O–H groups in total. The molecule has 1 unspecified atom stereocenters. The summed E-state index contributed by atoms with van der Waals surface area (Å²) in [6.45, 7) is 6.34. The fourth-order valence-corrected chi connectivity index (χ4v) is 2.18. The van der Waals surface area contributed by atoms with Gasteiger partial charge in [-0.1, -0.05) is 6.92 Å². The topological polar surface area (TPSA) is 49.6 Å². The number of amides is 1. The maximum absolute atomic E-state index is 11.8. The molecule has 0 aromatic rings. The van der Waals surface area contributed by atoms with Gasteiger partial charge in [-0.2, -0.15) is 0 Å². The van der Waals surface area contributed by atoms with Gasteiger partial charge in [0, 0.05) is 25.7 Å². The van der Waals surface area contributed by atoms with E-state index in [-0.39, 0.29) is 0 Å². The Morgan fingerprint density at radius 2 is 2.20 bits per heavy atom. The first kappa shape index (κ1) is 10.9. The molecule has 1 amide bonds. The molecule has 0 aromatic carbocycles. The molecule has 86 valence electrons. The van der Waals surface area contributed by atoms with E-state index in [4.69, 9.17) is 5.73 Å². The number of carbonyl (C=O) groups excluding carboxylic acids is 1. The molecule has 4 heteroatoms. The van der Waals surface area contributed by atoms with Crippen molar-refractivity contribution in [1.29, 1.82) is 0 Å². The van der Waals surface area contributed by atoms with Crippen LogP contribution in [0.15, 0.2) is 0 Å². The Hall–Kier alpha value is -0.610. The zero-order valence-corrected chi connectivity index (χ0v) is 9.48. The average molecular weight is 211 g/mol. The molecule has 1 aliphatic heterocycles. The second kappa shape index (κ2) is 4.49. The second-order valence-electron chi connectivity index (χ2n) is 4.89. The smallest absolute Gasteiger partial charge is 0.237 e. The summed E-state index contributed by atoms with van der Waals surface area (Å²) >= 11 is 0. The molecule has 4 nitrogen and oxygen atoms in total. The normalized spacial score (nSPS) is 25.7. The van der Waals surface area contributed by atoms with Crippen molar-refractivity contribution < 1.29 is 4.79 Å². The molecule has 2 rings (SSSR count). The third-order valence-electron chi connectivity index (χ3n) is 3.30. The molecule has 1 saturated carbocycles. The van der Waals surface area contributed by atoms with Gasteiger partial charge < -0.3 is 10.6 Å². The van der Waals surface area contributed by atoms with E-state index in [0.29, 0.717) is 31.0 Å². The lowest BCUT2D eigenvalue weighted by Crippen LogP contribution is -2.52. The number of rotatable bonds is 4. The summed E-state index contributed by atoms with van der Waals surface area (Å²) in [5, 5.41) is 0. The van der Waals surface area contributed by atoms with Crippen molar-refractivity contribution in [2.45, 2.75) is 25.8 Å². The Morgan fingerprint density at radius 3 is 2.73 bits per heavy atom. The number of nitrogens with two attached hydrogens (primary N) is 1. The molecule has 0 radical (unpaired) electrons. The largest absolute Gasteiger partial charge is 0.337 e. The van der Waals surface area contributed by atoms with Gasteiger partial charge in [0.15, 0.2) is 0 Å². The first-order valence-corrected chi connectivity index (χ1v) is 5.92. The van der Waals surface area contributed by atoms with Crippen LogP contribution in [-0.2, 0) is 4.79 Å². The molecule has 15 heavy (non-hydrogen) atoms. The minimum Gasteiger partial charge on any atom is -0.337 e. The number of hydrogen-bond donors (Lipinski definition) is 1. The fraction of sp³-hybridized carbons (Fsp3) is 0.909. The SMILES string of the molecule is CC(CN)CN1CCN(C2CC2)C(=O)C1. The Kier molecular flexibility index (Phi) is 3.26. The summed E-state index contributed by atoms with van der Waals surface area (Å²) in [6, 6.07) is 0.576. The van der Waals surface area contributed by atoms with E-state index >= 15 is 0 Å². The molecule has 1 saturated heterocycles. The van der Waals surface area contributed by atoms with Crippen LogP contribution in [0.3, 0.4) is 0 Å². The van der Waals surface area contributed by atoms with Crippen molar-refractivity contribution >= 4 is 5.91 Å². The van der Waals surface area contributed by atoms with Crippen molar-refractivity contribution in [3.8, 4) is 0 Å². The predicted molar refractivity (Wildman–Crippen MR) is 59.4 cm³/mol. The van der Waals surface area contributed by atoms with Crippen molar-refractivity contribution in [2.75, 3.05) is 32.7 Å². The molecule has 1 aliphatic carbocycles. The van der Waals surface area contributed by atoms with Gasteiger partial charge in [-0.25, -0.2) is 0 Å². The Labute approximate surface area is 91.4 Å².